The van der Waals surface area contributed by atoms with Gasteiger partial charge in [0, 0.05) is 16.5 Å². The summed E-state index contributed by atoms with van der Waals surface area (Å²) in [7, 11) is 0. The van der Waals surface area contributed by atoms with Crippen molar-refractivity contribution in [2.24, 2.45) is 5.10 Å². The van der Waals surface area contributed by atoms with Gasteiger partial charge in [-0.05, 0) is 29.7 Å². The van der Waals surface area contributed by atoms with Crippen molar-refractivity contribution in [3.63, 3.8) is 0 Å². The molecule has 0 atom stereocenters. The Labute approximate surface area is 166 Å². The van der Waals surface area contributed by atoms with Gasteiger partial charge in [0.2, 0.25) is 0 Å². The number of nitrogens with zero attached hydrogens (tertiary/aromatic N) is 2. The largest absolute Gasteiger partial charge is 0.486 e. The zero-order valence-corrected chi connectivity index (χ0v) is 15.4. The highest BCUT2D eigenvalue weighted by Gasteiger charge is 2.30. The van der Waals surface area contributed by atoms with E-state index < -0.39 is 0 Å². The molecule has 0 fully saturated rings. The number of anilines is 1. The van der Waals surface area contributed by atoms with Crippen LogP contribution in [0.25, 0.3) is 10.8 Å². The Balaban J connectivity index is 1.31. The lowest BCUT2D eigenvalue weighted by Crippen LogP contribution is -2.37. The van der Waals surface area contributed by atoms with Gasteiger partial charge >= 0.3 is 0 Å². The van der Waals surface area contributed by atoms with E-state index in [4.69, 9.17) is 9.47 Å². The van der Waals surface area contributed by atoms with Crippen LogP contribution in [0, 0.1) is 0 Å². The number of hydrogen-bond acceptors (Lipinski definition) is 5. The van der Waals surface area contributed by atoms with E-state index in [2.05, 4.69) is 10.5 Å². The highest BCUT2D eigenvalue weighted by Crippen LogP contribution is 2.37. The van der Waals surface area contributed by atoms with Crippen LogP contribution in [0.5, 0.6) is 11.5 Å². The second kappa shape index (κ2) is 6.94. The first-order valence-corrected chi connectivity index (χ1v) is 9.26. The maximum atomic E-state index is 12.7. The Morgan fingerprint density at radius 2 is 1.86 bits per heavy atom. The van der Waals surface area contributed by atoms with Crippen LogP contribution in [0.2, 0.25) is 0 Å². The summed E-state index contributed by atoms with van der Waals surface area (Å²) in [5.74, 6) is 0.689. The van der Waals surface area contributed by atoms with Gasteiger partial charge in [0.05, 0.1) is 11.9 Å². The fourth-order valence-electron chi connectivity index (χ4n) is 3.69. The van der Waals surface area contributed by atoms with Gasteiger partial charge in [-0.1, -0.05) is 30.3 Å². The minimum atomic E-state index is -0.388. The predicted molar refractivity (Wildman–Crippen MR) is 109 cm³/mol. The molecule has 2 aliphatic rings. The van der Waals surface area contributed by atoms with Crippen molar-refractivity contribution < 1.29 is 19.1 Å². The molecule has 0 bridgehead atoms. The van der Waals surface area contributed by atoms with Gasteiger partial charge in [-0.25, -0.2) is 5.43 Å². The first-order chi connectivity index (χ1) is 14.2. The number of hydrogen-bond donors (Lipinski definition) is 1. The summed E-state index contributed by atoms with van der Waals surface area (Å²) < 4.78 is 11.2. The lowest BCUT2D eigenvalue weighted by Gasteiger charge is -2.19. The minimum absolute atomic E-state index is 0.115. The van der Waals surface area contributed by atoms with Gasteiger partial charge < -0.3 is 9.47 Å². The fourth-order valence-corrected chi connectivity index (χ4v) is 3.69. The van der Waals surface area contributed by atoms with Crippen molar-refractivity contribution in [3.8, 4) is 11.5 Å². The molecule has 3 aromatic carbocycles. The second-order valence-electron chi connectivity index (χ2n) is 6.74. The average molecular weight is 387 g/mol. The van der Waals surface area contributed by atoms with Crippen molar-refractivity contribution in [3.05, 3.63) is 65.7 Å². The molecule has 0 aromatic heterocycles. The lowest BCUT2D eigenvalue weighted by molar-refractivity contribution is -0.119. The number of fused-ring (bicyclic) bond motifs is 1. The number of carbonyl (C=O) groups excluding carboxylic acids is 2. The van der Waals surface area contributed by atoms with E-state index in [0.29, 0.717) is 35.8 Å². The van der Waals surface area contributed by atoms with E-state index in [1.165, 1.54) is 11.1 Å². The van der Waals surface area contributed by atoms with Crippen LogP contribution in [0.4, 0.5) is 5.69 Å². The zero-order valence-electron chi connectivity index (χ0n) is 15.4. The summed E-state index contributed by atoms with van der Waals surface area (Å²) in [6, 6.07) is 16.7. The summed E-state index contributed by atoms with van der Waals surface area (Å²) >= 11 is 0. The van der Waals surface area contributed by atoms with Gasteiger partial charge in [-0.3, -0.25) is 14.5 Å². The number of carbonyl (C=O) groups is 2. The maximum absolute atomic E-state index is 12.7. The van der Waals surface area contributed by atoms with Crippen LogP contribution in [-0.4, -0.2) is 37.8 Å². The van der Waals surface area contributed by atoms with Crippen molar-refractivity contribution in [2.45, 2.75) is 0 Å². The number of amides is 2. The number of nitrogens with one attached hydrogen (secondary N) is 1. The summed E-state index contributed by atoms with van der Waals surface area (Å²) in [6.45, 7) is 0.854. The van der Waals surface area contributed by atoms with Crippen molar-refractivity contribution >= 4 is 34.5 Å². The molecule has 1 N–H and O–H groups in total. The Kier molecular flexibility index (Phi) is 4.13. The Morgan fingerprint density at radius 3 is 2.76 bits per heavy atom. The quantitative estimate of drug-likeness (QED) is 0.551. The molecule has 2 aliphatic heterocycles. The second-order valence-corrected chi connectivity index (χ2v) is 6.74. The normalized spacial score (nSPS) is 14.6. The van der Waals surface area contributed by atoms with Gasteiger partial charge in [0.15, 0.2) is 11.5 Å². The molecule has 29 heavy (non-hydrogen) atoms. The molecule has 144 valence electrons. The van der Waals surface area contributed by atoms with Gasteiger partial charge in [-0.2, -0.15) is 5.10 Å². The van der Waals surface area contributed by atoms with E-state index >= 15 is 0 Å². The van der Waals surface area contributed by atoms with E-state index in [-0.39, 0.29) is 18.4 Å². The molecule has 0 unspecified atom stereocenters. The third-order valence-electron chi connectivity index (χ3n) is 4.94. The van der Waals surface area contributed by atoms with Crippen molar-refractivity contribution in [2.75, 3.05) is 24.7 Å². The molecule has 3 aromatic rings. The summed E-state index contributed by atoms with van der Waals surface area (Å²) in [5, 5.41) is 5.87. The number of hydrazone groups is 1. The minimum Gasteiger partial charge on any atom is -0.486 e. The summed E-state index contributed by atoms with van der Waals surface area (Å²) in [4.78, 5) is 26.6. The molecule has 2 heterocycles. The predicted octanol–water partition coefficient (Wildman–Crippen LogP) is 2.72. The highest BCUT2D eigenvalue weighted by atomic mass is 16.6. The van der Waals surface area contributed by atoms with Crippen LogP contribution in [-0.2, 0) is 4.79 Å². The molecule has 0 saturated heterocycles. The molecule has 7 heteroatoms. The smallest absolute Gasteiger partial charge is 0.260 e. The zero-order chi connectivity index (χ0) is 19.8. The van der Waals surface area contributed by atoms with E-state index in [1.807, 2.05) is 48.5 Å². The Bertz CT molecular complexity index is 1170. The first-order valence-electron chi connectivity index (χ1n) is 9.26. The number of ether oxygens (including phenoxy) is 2. The molecule has 5 rings (SSSR count). The lowest BCUT2D eigenvalue weighted by atomic mass is 10.1. The fraction of sp³-hybridized carbons (Fsp3) is 0.136. The third kappa shape index (κ3) is 2.97. The van der Waals surface area contributed by atoms with Crippen LogP contribution < -0.4 is 19.8 Å². The number of para-hydroxylation sites is 1. The first kappa shape index (κ1) is 17.2. The van der Waals surface area contributed by atoms with Crippen molar-refractivity contribution in [1.29, 1.82) is 0 Å². The standard InChI is InChI=1S/C22H17N3O4/c26-19(24-23-12-15-6-3-9-18-21(15)29-11-10-28-18)13-25-17-8-2-5-14-4-1-7-16(20(14)17)22(25)27/h1-9,12H,10-11,13H2,(H,24,26)/b23-12+. The van der Waals surface area contributed by atoms with Crippen molar-refractivity contribution in [1.82, 2.24) is 5.43 Å². The molecular weight excluding hydrogens is 370 g/mol. The van der Waals surface area contributed by atoms with Crippen LogP contribution >= 0.6 is 0 Å². The van der Waals surface area contributed by atoms with Crippen LogP contribution in [0.3, 0.4) is 0 Å². The van der Waals surface area contributed by atoms with E-state index in [1.54, 1.807) is 6.07 Å². The van der Waals surface area contributed by atoms with E-state index in [9.17, 15) is 9.59 Å². The van der Waals surface area contributed by atoms with Gasteiger partial charge in [-0.15, -0.1) is 0 Å². The summed E-state index contributed by atoms with van der Waals surface area (Å²) in [5.41, 5.74) is 4.54. The third-order valence-corrected chi connectivity index (χ3v) is 4.94. The Morgan fingerprint density at radius 1 is 1.07 bits per heavy atom. The maximum Gasteiger partial charge on any atom is 0.260 e. The Hall–Kier alpha value is -3.87. The molecule has 7 nitrogen and oxygen atoms in total. The topological polar surface area (TPSA) is 80.2 Å². The van der Waals surface area contributed by atoms with Crippen LogP contribution in [0.15, 0.2) is 59.7 Å². The van der Waals surface area contributed by atoms with Gasteiger partial charge in [0.25, 0.3) is 11.8 Å². The number of benzene rings is 3. The molecular formula is C22H17N3O4. The van der Waals surface area contributed by atoms with Gasteiger partial charge in [0.1, 0.15) is 19.8 Å². The van der Waals surface area contributed by atoms with E-state index in [0.717, 1.165) is 16.5 Å². The molecule has 0 saturated carbocycles. The van der Waals surface area contributed by atoms with Crippen LogP contribution in [0.1, 0.15) is 15.9 Å². The average Bonchev–Trinajstić information content (AvgIpc) is 3.02. The molecule has 0 radical (unpaired) electrons. The molecule has 0 aliphatic carbocycles. The molecule has 0 spiro atoms. The monoisotopic (exact) mass is 387 g/mol. The summed E-state index contributed by atoms with van der Waals surface area (Å²) in [6.07, 6.45) is 1.51. The number of rotatable bonds is 4. The molecule has 2 amide bonds. The SMILES string of the molecule is O=C(CN1C(=O)c2cccc3cccc1c23)N/N=C/c1cccc2c1OCCO2. The highest BCUT2D eigenvalue weighted by molar-refractivity contribution is 6.26.